The topological polar surface area (TPSA) is 140 Å². The second-order valence-electron chi connectivity index (χ2n) is 4.54. The van der Waals surface area contributed by atoms with Gasteiger partial charge in [-0.1, -0.05) is 0 Å². The summed E-state index contributed by atoms with van der Waals surface area (Å²) in [4.78, 5) is 52.8. The number of hydrogen-bond donors (Lipinski definition) is 2. The number of amides is 1. The van der Waals surface area contributed by atoms with E-state index in [1.54, 1.807) is 4.98 Å². The lowest BCUT2D eigenvalue weighted by atomic mass is 10.3. The summed E-state index contributed by atoms with van der Waals surface area (Å²) in [5.41, 5.74) is -3.03. The number of halogens is 6. The van der Waals surface area contributed by atoms with Crippen molar-refractivity contribution in [2.75, 3.05) is 11.9 Å². The summed E-state index contributed by atoms with van der Waals surface area (Å²) < 4.78 is 80.8. The Morgan fingerprint density at radius 2 is 1.74 bits per heavy atom. The number of fused-ring (bicyclic) bond motifs is 1. The predicted octanol–water partition coefficient (Wildman–Crippen LogP) is 0.368. The fourth-order valence-electron chi connectivity index (χ4n) is 1.49. The van der Waals surface area contributed by atoms with Gasteiger partial charge in [-0.25, -0.2) is 14.6 Å². The van der Waals surface area contributed by atoms with E-state index in [-0.39, 0.29) is 0 Å². The summed E-state index contributed by atoms with van der Waals surface area (Å²) >= 11 is 0. The summed E-state index contributed by atoms with van der Waals surface area (Å²) in [6.45, 7) is -0.917. The second kappa shape index (κ2) is 6.69. The third kappa shape index (κ3) is 4.59. The average Bonchev–Trinajstić information content (AvgIpc) is 2.52. The van der Waals surface area contributed by atoms with Gasteiger partial charge < -0.3 is 9.47 Å². The first-order valence-electron chi connectivity index (χ1n) is 6.35. The van der Waals surface area contributed by atoms with Crippen LogP contribution in [0.2, 0.25) is 0 Å². The molecule has 0 saturated carbocycles. The Morgan fingerprint density at radius 3 is 2.30 bits per heavy atom. The van der Waals surface area contributed by atoms with Crippen molar-refractivity contribution in [2.45, 2.75) is 12.4 Å². The average molecular weight is 402 g/mol. The molecule has 27 heavy (non-hydrogen) atoms. The lowest BCUT2D eigenvalue weighted by Gasteiger charge is -2.15. The maximum Gasteiger partial charge on any atom is 0.491 e. The number of anilines is 1. The molecule has 2 N–H and O–H groups in total. The first-order valence-corrected chi connectivity index (χ1v) is 6.35. The van der Waals surface area contributed by atoms with E-state index in [4.69, 9.17) is 4.74 Å². The van der Waals surface area contributed by atoms with Gasteiger partial charge in [0, 0.05) is 0 Å². The molecule has 0 radical (unpaired) electrons. The Morgan fingerprint density at radius 1 is 1.11 bits per heavy atom. The fraction of sp³-hybridized carbons (Fsp3) is 0.273. The number of nitrogens with zero attached hydrogens (tertiary/aromatic N) is 2. The Balaban J connectivity index is 2.25. The number of aromatic amines is 1. The Hall–Kier alpha value is -3.46. The Bertz CT molecular complexity index is 902. The molecule has 1 aliphatic heterocycles. The summed E-state index contributed by atoms with van der Waals surface area (Å²) in [5.74, 6) is -8.85. The second-order valence-corrected chi connectivity index (χ2v) is 4.54. The molecule has 0 saturated heterocycles. The highest BCUT2D eigenvalue weighted by atomic mass is 19.4. The van der Waals surface area contributed by atoms with Crippen LogP contribution >= 0.6 is 0 Å². The molecule has 10 nitrogen and oxygen atoms in total. The Kier molecular flexibility index (Phi) is 4.92. The van der Waals surface area contributed by atoms with Crippen LogP contribution < -0.4 is 15.6 Å². The molecule has 1 aliphatic rings. The summed E-state index contributed by atoms with van der Waals surface area (Å²) in [5, 5.41) is 1.23. The maximum absolute atomic E-state index is 12.2. The van der Waals surface area contributed by atoms with Crippen molar-refractivity contribution in [2.24, 2.45) is 4.99 Å². The first kappa shape index (κ1) is 19.9. The van der Waals surface area contributed by atoms with Gasteiger partial charge in [0.15, 0.2) is 11.4 Å². The smallest absolute Gasteiger partial charge is 0.469 e. The normalized spacial score (nSPS) is 13.8. The van der Waals surface area contributed by atoms with Crippen molar-refractivity contribution in [3.63, 3.8) is 0 Å². The number of rotatable bonds is 2. The number of hydrogen-bond acceptors (Lipinski definition) is 8. The zero-order valence-corrected chi connectivity index (χ0v) is 12.3. The molecule has 0 spiro atoms. The summed E-state index contributed by atoms with van der Waals surface area (Å²) in [7, 11) is 0. The van der Waals surface area contributed by atoms with Crippen molar-refractivity contribution in [3.05, 3.63) is 10.4 Å². The highest BCUT2D eigenvalue weighted by molar-refractivity contribution is 6.39. The summed E-state index contributed by atoms with van der Waals surface area (Å²) in [6.07, 6.45) is -10.7. The van der Waals surface area contributed by atoms with Gasteiger partial charge in [-0.05, 0) is 0 Å². The Labute approximate surface area is 142 Å². The molecule has 2 rings (SSSR count). The van der Waals surface area contributed by atoms with Crippen LogP contribution in [-0.4, -0.2) is 52.5 Å². The highest BCUT2D eigenvalue weighted by Gasteiger charge is 2.43. The number of aromatic nitrogens is 2. The van der Waals surface area contributed by atoms with Gasteiger partial charge in [0.1, 0.15) is 6.61 Å². The molecule has 146 valence electrons. The lowest BCUT2D eigenvalue weighted by Crippen LogP contribution is -2.35. The number of nitrogens with one attached hydrogen (secondary N) is 2. The monoisotopic (exact) mass is 402 g/mol. The van der Waals surface area contributed by atoms with Crippen molar-refractivity contribution >= 4 is 35.2 Å². The van der Waals surface area contributed by atoms with Gasteiger partial charge in [-0.2, -0.15) is 31.3 Å². The third-order valence-corrected chi connectivity index (χ3v) is 2.60. The van der Waals surface area contributed by atoms with Crippen LogP contribution in [0.4, 0.5) is 38.0 Å². The van der Waals surface area contributed by atoms with E-state index in [1.165, 1.54) is 5.32 Å². The van der Waals surface area contributed by atoms with E-state index in [0.717, 1.165) is 0 Å². The number of esters is 2. The number of H-pyrrole nitrogens is 1. The van der Waals surface area contributed by atoms with E-state index in [0.29, 0.717) is 0 Å². The standard InChI is InChI=1S/C11H4F6N4O6/c12-10(13,14)7(24)21-9-19-4(22)3-5(20-9)26-1-2(18-3)6(23)27-8(25)11(15,16)17/h1H2,(H2,19,20,21,22,24). The van der Waals surface area contributed by atoms with Crippen molar-refractivity contribution in [1.29, 1.82) is 0 Å². The molecule has 0 aliphatic carbocycles. The van der Waals surface area contributed by atoms with Gasteiger partial charge in [-0.15, -0.1) is 0 Å². The maximum atomic E-state index is 12.2. The molecule has 0 fully saturated rings. The van der Waals surface area contributed by atoms with Crippen LogP contribution in [0.25, 0.3) is 0 Å². The van der Waals surface area contributed by atoms with Crippen LogP contribution in [0.15, 0.2) is 9.79 Å². The van der Waals surface area contributed by atoms with Crippen LogP contribution in [0.5, 0.6) is 5.88 Å². The summed E-state index contributed by atoms with van der Waals surface area (Å²) in [6, 6.07) is 0. The molecule has 1 aromatic rings. The minimum atomic E-state index is -5.46. The molecule has 0 unspecified atom stereocenters. The van der Waals surface area contributed by atoms with Gasteiger partial charge in [0.05, 0.1) is 0 Å². The molecule has 0 aromatic carbocycles. The number of aliphatic imine (C=N–C) groups is 1. The number of carbonyl (C=O) groups is 3. The molecular formula is C11H4F6N4O6. The predicted molar refractivity (Wildman–Crippen MR) is 69.3 cm³/mol. The molecule has 0 bridgehead atoms. The third-order valence-electron chi connectivity index (χ3n) is 2.60. The number of alkyl halides is 6. The largest absolute Gasteiger partial charge is 0.491 e. The molecule has 1 aromatic heterocycles. The van der Waals surface area contributed by atoms with Crippen LogP contribution in [0, 0.1) is 0 Å². The molecule has 0 atom stereocenters. The minimum Gasteiger partial charge on any atom is -0.469 e. The number of carbonyl (C=O) groups excluding carboxylic acids is 3. The molecule has 1 amide bonds. The van der Waals surface area contributed by atoms with E-state index < -0.39 is 65.6 Å². The first-order chi connectivity index (χ1) is 12.3. The van der Waals surface area contributed by atoms with Crippen molar-refractivity contribution < 1.29 is 50.2 Å². The van der Waals surface area contributed by atoms with E-state index in [1.807, 2.05) is 0 Å². The van der Waals surface area contributed by atoms with Crippen LogP contribution in [0.1, 0.15) is 0 Å². The van der Waals surface area contributed by atoms with Crippen molar-refractivity contribution in [3.8, 4) is 5.88 Å². The van der Waals surface area contributed by atoms with Gasteiger partial charge in [-0.3, -0.25) is 19.9 Å². The van der Waals surface area contributed by atoms with E-state index in [2.05, 4.69) is 14.7 Å². The van der Waals surface area contributed by atoms with E-state index in [9.17, 15) is 45.5 Å². The van der Waals surface area contributed by atoms with Gasteiger partial charge in [0.2, 0.25) is 11.8 Å². The van der Waals surface area contributed by atoms with Crippen molar-refractivity contribution in [1.82, 2.24) is 9.97 Å². The van der Waals surface area contributed by atoms with Gasteiger partial charge in [0.25, 0.3) is 5.56 Å². The van der Waals surface area contributed by atoms with Gasteiger partial charge >= 0.3 is 30.2 Å². The molecule has 2 heterocycles. The SMILES string of the molecule is O=C(OC(=O)C(F)(F)F)C1=Nc2c(nc(NC(=O)C(F)(F)F)[nH]c2=O)OC1. The van der Waals surface area contributed by atoms with Crippen LogP contribution in [-0.2, 0) is 19.1 Å². The number of ether oxygens (including phenoxy) is 2. The minimum absolute atomic E-state index is 0.727. The quantitative estimate of drug-likeness (QED) is 0.414. The zero-order chi connectivity index (χ0) is 20.6. The lowest BCUT2D eigenvalue weighted by molar-refractivity contribution is -0.199. The molecular weight excluding hydrogens is 398 g/mol. The fourth-order valence-corrected chi connectivity index (χ4v) is 1.49. The highest BCUT2D eigenvalue weighted by Crippen LogP contribution is 2.26. The molecule has 16 heteroatoms. The van der Waals surface area contributed by atoms with Crippen LogP contribution in [0.3, 0.4) is 0 Å². The van der Waals surface area contributed by atoms with E-state index >= 15 is 0 Å². The zero-order valence-electron chi connectivity index (χ0n) is 12.3.